The number of carbonyl (C=O) groups is 1. The van der Waals surface area contributed by atoms with Crippen molar-refractivity contribution >= 4 is 6.03 Å². The lowest BCUT2D eigenvalue weighted by Gasteiger charge is -2.24. The number of ether oxygens (including phenoxy) is 1. The molecule has 2 rings (SSSR count). The fourth-order valence-electron chi connectivity index (χ4n) is 3.62. The number of urea groups is 1. The van der Waals surface area contributed by atoms with Crippen LogP contribution in [0.2, 0.25) is 0 Å². The summed E-state index contributed by atoms with van der Waals surface area (Å²) >= 11 is 0. The van der Waals surface area contributed by atoms with E-state index in [1.165, 1.54) is 12.8 Å². The first-order valence-electron chi connectivity index (χ1n) is 8.91. The SMILES string of the molecule is COc1ccc(CN(C)C(=O)NC2CCC(CC(C)(C)C)C2)cc1. The van der Waals surface area contributed by atoms with Gasteiger partial charge in [0, 0.05) is 19.6 Å². The van der Waals surface area contributed by atoms with Gasteiger partial charge in [-0.3, -0.25) is 0 Å². The lowest BCUT2D eigenvalue weighted by atomic mass is 9.84. The largest absolute Gasteiger partial charge is 0.497 e. The molecule has 0 saturated heterocycles. The Balaban J connectivity index is 1.79. The fraction of sp³-hybridized carbons (Fsp3) is 0.650. The Morgan fingerprint density at radius 1 is 1.25 bits per heavy atom. The molecule has 134 valence electrons. The number of hydrogen-bond acceptors (Lipinski definition) is 2. The van der Waals surface area contributed by atoms with Gasteiger partial charge in [0.2, 0.25) is 0 Å². The number of hydrogen-bond donors (Lipinski definition) is 1. The molecule has 2 unspecified atom stereocenters. The van der Waals surface area contributed by atoms with Crippen molar-refractivity contribution in [3.05, 3.63) is 29.8 Å². The molecule has 24 heavy (non-hydrogen) atoms. The molecule has 2 amide bonds. The number of methoxy groups -OCH3 is 1. The maximum Gasteiger partial charge on any atom is 0.317 e. The van der Waals surface area contributed by atoms with Crippen LogP contribution < -0.4 is 10.1 Å². The number of amides is 2. The van der Waals surface area contributed by atoms with Gasteiger partial charge in [0.15, 0.2) is 0 Å². The van der Waals surface area contributed by atoms with E-state index in [9.17, 15) is 4.79 Å². The van der Waals surface area contributed by atoms with Crippen LogP contribution in [0.15, 0.2) is 24.3 Å². The van der Waals surface area contributed by atoms with Crippen LogP contribution in [0.25, 0.3) is 0 Å². The zero-order valence-corrected chi connectivity index (χ0v) is 15.8. The van der Waals surface area contributed by atoms with Crippen LogP contribution in [0.3, 0.4) is 0 Å². The summed E-state index contributed by atoms with van der Waals surface area (Å²) in [6, 6.07) is 8.19. The topological polar surface area (TPSA) is 41.6 Å². The predicted molar refractivity (Wildman–Crippen MR) is 98.2 cm³/mol. The first-order valence-corrected chi connectivity index (χ1v) is 8.91. The number of carbonyl (C=O) groups excluding carboxylic acids is 1. The number of nitrogens with zero attached hydrogens (tertiary/aromatic N) is 1. The zero-order chi connectivity index (χ0) is 17.7. The summed E-state index contributed by atoms with van der Waals surface area (Å²) in [4.78, 5) is 14.2. The summed E-state index contributed by atoms with van der Waals surface area (Å²) in [6.07, 6.45) is 4.67. The molecular formula is C20H32N2O2. The lowest BCUT2D eigenvalue weighted by Crippen LogP contribution is -2.41. The van der Waals surface area contributed by atoms with Gasteiger partial charge in [0.05, 0.1) is 7.11 Å². The number of benzene rings is 1. The predicted octanol–water partition coefficient (Wildman–Crippen LogP) is 4.44. The van der Waals surface area contributed by atoms with Crippen LogP contribution in [-0.4, -0.2) is 31.1 Å². The Kier molecular flexibility index (Phi) is 6.14. The molecule has 1 saturated carbocycles. The van der Waals surface area contributed by atoms with Crippen molar-refractivity contribution in [1.29, 1.82) is 0 Å². The van der Waals surface area contributed by atoms with E-state index in [2.05, 4.69) is 26.1 Å². The van der Waals surface area contributed by atoms with E-state index in [-0.39, 0.29) is 6.03 Å². The smallest absolute Gasteiger partial charge is 0.317 e. The highest BCUT2D eigenvalue weighted by atomic mass is 16.5. The third-order valence-electron chi connectivity index (χ3n) is 4.70. The van der Waals surface area contributed by atoms with Gasteiger partial charge in [0.25, 0.3) is 0 Å². The number of rotatable bonds is 5. The molecule has 2 atom stereocenters. The summed E-state index contributed by atoms with van der Waals surface area (Å²) in [5.41, 5.74) is 1.47. The molecule has 0 radical (unpaired) electrons. The quantitative estimate of drug-likeness (QED) is 0.866. The summed E-state index contributed by atoms with van der Waals surface area (Å²) in [7, 11) is 3.50. The van der Waals surface area contributed by atoms with Crippen molar-refractivity contribution in [2.24, 2.45) is 11.3 Å². The van der Waals surface area contributed by atoms with Crippen LogP contribution in [0.5, 0.6) is 5.75 Å². The molecule has 1 aliphatic carbocycles. The molecule has 4 heteroatoms. The second-order valence-corrected chi connectivity index (χ2v) is 8.29. The van der Waals surface area contributed by atoms with Crippen molar-refractivity contribution in [1.82, 2.24) is 10.2 Å². The van der Waals surface area contributed by atoms with Crippen molar-refractivity contribution in [3.8, 4) is 5.75 Å². The zero-order valence-electron chi connectivity index (χ0n) is 15.8. The van der Waals surface area contributed by atoms with E-state index in [4.69, 9.17) is 4.74 Å². The molecule has 1 aromatic rings. The van der Waals surface area contributed by atoms with E-state index < -0.39 is 0 Å². The van der Waals surface area contributed by atoms with E-state index in [1.807, 2.05) is 31.3 Å². The molecule has 0 bridgehead atoms. The maximum absolute atomic E-state index is 12.4. The first kappa shape index (κ1) is 18.6. The van der Waals surface area contributed by atoms with Crippen LogP contribution in [0, 0.1) is 11.3 Å². The monoisotopic (exact) mass is 332 g/mol. The highest BCUT2D eigenvalue weighted by Gasteiger charge is 2.29. The Labute approximate surface area is 146 Å². The highest BCUT2D eigenvalue weighted by molar-refractivity contribution is 5.74. The van der Waals surface area contributed by atoms with Crippen LogP contribution in [0.4, 0.5) is 4.79 Å². The van der Waals surface area contributed by atoms with Gasteiger partial charge in [-0.1, -0.05) is 32.9 Å². The Morgan fingerprint density at radius 2 is 1.92 bits per heavy atom. The molecule has 0 aliphatic heterocycles. The fourth-order valence-corrected chi connectivity index (χ4v) is 3.62. The Morgan fingerprint density at radius 3 is 2.50 bits per heavy atom. The van der Waals surface area contributed by atoms with Crippen molar-refractivity contribution in [2.75, 3.05) is 14.2 Å². The van der Waals surface area contributed by atoms with E-state index >= 15 is 0 Å². The molecule has 4 nitrogen and oxygen atoms in total. The van der Waals surface area contributed by atoms with E-state index in [0.29, 0.717) is 18.0 Å². The van der Waals surface area contributed by atoms with E-state index in [1.54, 1.807) is 12.0 Å². The minimum absolute atomic E-state index is 0.0206. The number of nitrogens with one attached hydrogen (secondary N) is 1. The normalized spacial score (nSPS) is 20.7. The highest BCUT2D eigenvalue weighted by Crippen LogP contribution is 2.35. The summed E-state index contributed by atoms with van der Waals surface area (Å²) in [5.74, 6) is 1.57. The van der Waals surface area contributed by atoms with Crippen molar-refractivity contribution in [3.63, 3.8) is 0 Å². The van der Waals surface area contributed by atoms with Crippen LogP contribution >= 0.6 is 0 Å². The summed E-state index contributed by atoms with van der Waals surface area (Å²) in [5, 5.41) is 3.20. The second kappa shape index (κ2) is 7.91. The van der Waals surface area contributed by atoms with Gasteiger partial charge < -0.3 is 15.0 Å². The molecule has 0 aromatic heterocycles. The van der Waals surface area contributed by atoms with Gasteiger partial charge in [-0.2, -0.15) is 0 Å². The van der Waals surface area contributed by atoms with Crippen LogP contribution in [0.1, 0.15) is 52.0 Å². The molecule has 0 spiro atoms. The molecule has 0 heterocycles. The van der Waals surface area contributed by atoms with Crippen molar-refractivity contribution in [2.45, 2.75) is 59.0 Å². The Bertz CT molecular complexity index is 534. The Hall–Kier alpha value is -1.71. The third-order valence-corrected chi connectivity index (χ3v) is 4.70. The molecule has 1 N–H and O–H groups in total. The van der Waals surface area contributed by atoms with Gasteiger partial charge >= 0.3 is 6.03 Å². The summed E-state index contributed by atoms with van der Waals surface area (Å²) in [6.45, 7) is 7.48. The van der Waals surface area contributed by atoms with Gasteiger partial charge in [-0.15, -0.1) is 0 Å². The molecule has 1 aliphatic rings. The average molecular weight is 332 g/mol. The molecule has 1 fully saturated rings. The van der Waals surface area contributed by atoms with Gasteiger partial charge in [-0.25, -0.2) is 4.79 Å². The minimum atomic E-state index is 0.0206. The standard InChI is InChI=1S/C20H32N2O2/c1-20(2,3)13-16-6-9-17(12-16)21-19(23)22(4)14-15-7-10-18(24-5)11-8-15/h7-8,10-11,16-17H,6,9,12-14H2,1-5H3,(H,21,23). The van der Waals surface area contributed by atoms with Gasteiger partial charge in [-0.05, 0) is 54.7 Å². The molecular weight excluding hydrogens is 300 g/mol. The third kappa shape index (κ3) is 5.73. The van der Waals surface area contributed by atoms with E-state index in [0.717, 1.165) is 30.1 Å². The van der Waals surface area contributed by atoms with Gasteiger partial charge in [0.1, 0.15) is 5.75 Å². The average Bonchev–Trinajstić information content (AvgIpc) is 2.92. The van der Waals surface area contributed by atoms with Crippen LogP contribution in [-0.2, 0) is 6.54 Å². The second-order valence-electron chi connectivity index (χ2n) is 8.29. The summed E-state index contributed by atoms with van der Waals surface area (Å²) < 4.78 is 5.16. The first-order chi connectivity index (χ1) is 11.3. The molecule has 1 aromatic carbocycles. The maximum atomic E-state index is 12.4. The minimum Gasteiger partial charge on any atom is -0.497 e. The van der Waals surface area contributed by atoms with Crippen molar-refractivity contribution < 1.29 is 9.53 Å². The lowest BCUT2D eigenvalue weighted by molar-refractivity contribution is 0.202.